The first kappa shape index (κ1) is 9.24. The molecular weight excluding hydrogens is 178 g/mol. The monoisotopic (exact) mass is 193 g/mol. The molecule has 1 aliphatic rings. The Hall–Kier alpha value is -1.32. The van der Waals surface area contributed by atoms with E-state index in [1.807, 2.05) is 17.4 Å². The number of piperidine rings is 1. The third-order valence-corrected chi connectivity index (χ3v) is 2.73. The lowest BCUT2D eigenvalue weighted by molar-refractivity contribution is -0.119. The smallest absolute Gasteiger partial charge is 0.209 e. The molecule has 0 spiro atoms. The fraction of sp³-hybridized carbons (Fsp3) is 0.600. The molecule has 0 aliphatic carbocycles. The highest BCUT2D eigenvalue weighted by atomic mass is 16.1. The summed E-state index contributed by atoms with van der Waals surface area (Å²) in [5, 5.41) is 0. The minimum atomic E-state index is 0.586. The average molecular weight is 193 g/mol. The zero-order valence-electron chi connectivity index (χ0n) is 8.17. The lowest BCUT2D eigenvalue weighted by Crippen LogP contribution is -2.35. The molecule has 14 heavy (non-hydrogen) atoms. The molecule has 0 aromatic carbocycles. The van der Waals surface area contributed by atoms with E-state index >= 15 is 0 Å². The maximum atomic E-state index is 10.6. The van der Waals surface area contributed by atoms with Gasteiger partial charge >= 0.3 is 0 Å². The van der Waals surface area contributed by atoms with E-state index in [0.29, 0.717) is 5.92 Å². The van der Waals surface area contributed by atoms with E-state index in [4.69, 9.17) is 0 Å². The van der Waals surface area contributed by atoms with Crippen molar-refractivity contribution < 1.29 is 4.79 Å². The highest BCUT2D eigenvalue weighted by molar-refractivity contribution is 5.47. The number of imidazole rings is 1. The molecule has 1 aliphatic heterocycles. The number of amides is 1. The second kappa shape index (κ2) is 4.26. The lowest BCUT2D eigenvalue weighted by Gasteiger charge is -2.29. The number of carbonyl (C=O) groups is 1. The fourth-order valence-electron chi connectivity index (χ4n) is 2.03. The summed E-state index contributed by atoms with van der Waals surface area (Å²) in [5.74, 6) is 0.586. The Bertz CT molecular complexity index is 284. The summed E-state index contributed by atoms with van der Waals surface area (Å²) in [5.41, 5.74) is 0. The Balaban J connectivity index is 1.89. The second-order valence-corrected chi connectivity index (χ2v) is 3.87. The van der Waals surface area contributed by atoms with Crippen molar-refractivity contribution in [1.82, 2.24) is 14.5 Å². The predicted molar refractivity (Wildman–Crippen MR) is 52.6 cm³/mol. The van der Waals surface area contributed by atoms with Gasteiger partial charge in [0.1, 0.15) is 0 Å². The SMILES string of the molecule is O=CN1CCC[C@@H](Cn2ccnc2)C1. The van der Waals surface area contributed by atoms with Crippen LogP contribution >= 0.6 is 0 Å². The van der Waals surface area contributed by atoms with Crippen molar-refractivity contribution >= 4 is 6.41 Å². The zero-order valence-corrected chi connectivity index (χ0v) is 8.17. The summed E-state index contributed by atoms with van der Waals surface area (Å²) in [6.45, 7) is 2.79. The lowest BCUT2D eigenvalue weighted by atomic mass is 9.98. The number of carbonyl (C=O) groups excluding carboxylic acids is 1. The van der Waals surface area contributed by atoms with Gasteiger partial charge in [0.05, 0.1) is 6.33 Å². The summed E-state index contributed by atoms with van der Waals surface area (Å²) >= 11 is 0. The first-order valence-corrected chi connectivity index (χ1v) is 5.03. The molecule has 0 unspecified atom stereocenters. The van der Waals surface area contributed by atoms with E-state index in [2.05, 4.69) is 9.55 Å². The molecule has 76 valence electrons. The van der Waals surface area contributed by atoms with Crippen LogP contribution in [-0.4, -0.2) is 34.0 Å². The molecule has 4 nitrogen and oxygen atoms in total. The first-order valence-electron chi connectivity index (χ1n) is 5.03. The van der Waals surface area contributed by atoms with Crippen LogP contribution in [0.2, 0.25) is 0 Å². The van der Waals surface area contributed by atoms with Gasteiger partial charge in [-0.1, -0.05) is 0 Å². The molecule has 2 rings (SSSR count). The van der Waals surface area contributed by atoms with Crippen LogP contribution in [0.4, 0.5) is 0 Å². The van der Waals surface area contributed by atoms with E-state index < -0.39 is 0 Å². The molecule has 0 bridgehead atoms. The standard InChI is InChI=1S/C10H15N3O/c14-9-13-4-1-2-10(7-13)6-12-5-3-11-8-12/h3,5,8-10H,1-2,4,6-7H2/t10-/m0/s1. The van der Waals surface area contributed by atoms with Gasteiger partial charge in [0.15, 0.2) is 0 Å². The number of nitrogens with zero attached hydrogens (tertiary/aromatic N) is 3. The normalized spacial score (nSPS) is 22.3. The van der Waals surface area contributed by atoms with Gasteiger partial charge in [0.2, 0.25) is 6.41 Å². The van der Waals surface area contributed by atoms with E-state index in [1.54, 1.807) is 6.20 Å². The number of rotatable bonds is 3. The molecule has 1 amide bonds. The van der Waals surface area contributed by atoms with Gasteiger partial charge in [-0.15, -0.1) is 0 Å². The summed E-state index contributed by atoms with van der Waals surface area (Å²) in [4.78, 5) is 16.5. The minimum absolute atomic E-state index is 0.586. The number of aromatic nitrogens is 2. The fourth-order valence-corrected chi connectivity index (χ4v) is 2.03. The summed E-state index contributed by atoms with van der Waals surface area (Å²) in [6, 6.07) is 0. The molecule has 1 saturated heterocycles. The summed E-state index contributed by atoms with van der Waals surface area (Å²) in [7, 11) is 0. The average Bonchev–Trinajstić information content (AvgIpc) is 2.71. The van der Waals surface area contributed by atoms with Crippen LogP contribution in [0.5, 0.6) is 0 Å². The Morgan fingerprint density at radius 3 is 3.21 bits per heavy atom. The van der Waals surface area contributed by atoms with Gasteiger partial charge in [0.25, 0.3) is 0 Å². The Labute approximate surface area is 83.5 Å². The summed E-state index contributed by atoms with van der Waals surface area (Å²) < 4.78 is 2.08. The van der Waals surface area contributed by atoms with Crippen LogP contribution in [0.15, 0.2) is 18.7 Å². The maximum Gasteiger partial charge on any atom is 0.209 e. The van der Waals surface area contributed by atoms with Crippen molar-refractivity contribution in [2.75, 3.05) is 13.1 Å². The number of likely N-dealkylation sites (tertiary alicyclic amines) is 1. The molecule has 2 heterocycles. The Kier molecular flexibility index (Phi) is 2.81. The number of hydrogen-bond acceptors (Lipinski definition) is 2. The molecule has 0 radical (unpaired) electrons. The van der Waals surface area contributed by atoms with Crippen molar-refractivity contribution in [2.45, 2.75) is 19.4 Å². The molecule has 0 N–H and O–H groups in total. The van der Waals surface area contributed by atoms with Crippen molar-refractivity contribution in [2.24, 2.45) is 5.92 Å². The molecule has 0 saturated carbocycles. The van der Waals surface area contributed by atoms with Gasteiger partial charge in [0, 0.05) is 32.0 Å². The molecular formula is C10H15N3O. The third kappa shape index (κ3) is 2.13. The van der Waals surface area contributed by atoms with Gasteiger partial charge in [-0.25, -0.2) is 4.98 Å². The topological polar surface area (TPSA) is 38.1 Å². The van der Waals surface area contributed by atoms with Crippen LogP contribution in [0.25, 0.3) is 0 Å². The highest BCUT2D eigenvalue weighted by Crippen LogP contribution is 2.16. The first-order chi connectivity index (χ1) is 6.88. The van der Waals surface area contributed by atoms with E-state index in [-0.39, 0.29) is 0 Å². The molecule has 1 atom stereocenters. The predicted octanol–water partition coefficient (Wildman–Crippen LogP) is 0.752. The van der Waals surface area contributed by atoms with Crippen LogP contribution in [0.3, 0.4) is 0 Å². The minimum Gasteiger partial charge on any atom is -0.345 e. The third-order valence-electron chi connectivity index (χ3n) is 2.73. The van der Waals surface area contributed by atoms with Gasteiger partial charge in [-0.2, -0.15) is 0 Å². The maximum absolute atomic E-state index is 10.6. The van der Waals surface area contributed by atoms with E-state index in [9.17, 15) is 4.79 Å². The van der Waals surface area contributed by atoms with Crippen molar-refractivity contribution in [3.63, 3.8) is 0 Å². The Morgan fingerprint density at radius 1 is 1.57 bits per heavy atom. The van der Waals surface area contributed by atoms with Gasteiger partial charge < -0.3 is 9.47 Å². The molecule has 1 fully saturated rings. The van der Waals surface area contributed by atoms with Gasteiger partial charge in [-0.05, 0) is 18.8 Å². The number of hydrogen-bond donors (Lipinski definition) is 0. The molecule has 1 aromatic rings. The van der Waals surface area contributed by atoms with Crippen LogP contribution in [0, 0.1) is 5.92 Å². The van der Waals surface area contributed by atoms with Crippen molar-refractivity contribution in [1.29, 1.82) is 0 Å². The van der Waals surface area contributed by atoms with Crippen LogP contribution in [-0.2, 0) is 11.3 Å². The van der Waals surface area contributed by atoms with Crippen molar-refractivity contribution in [3.05, 3.63) is 18.7 Å². The largest absolute Gasteiger partial charge is 0.345 e. The highest BCUT2D eigenvalue weighted by Gasteiger charge is 2.18. The van der Waals surface area contributed by atoms with Gasteiger partial charge in [-0.3, -0.25) is 4.79 Å². The second-order valence-electron chi connectivity index (χ2n) is 3.87. The zero-order chi connectivity index (χ0) is 9.80. The molecule has 1 aromatic heterocycles. The van der Waals surface area contributed by atoms with Crippen molar-refractivity contribution in [3.8, 4) is 0 Å². The quantitative estimate of drug-likeness (QED) is 0.664. The summed E-state index contributed by atoms with van der Waals surface area (Å²) in [6.07, 6.45) is 8.89. The van der Waals surface area contributed by atoms with E-state index in [1.165, 1.54) is 6.42 Å². The van der Waals surface area contributed by atoms with Crippen LogP contribution < -0.4 is 0 Å². The van der Waals surface area contributed by atoms with E-state index in [0.717, 1.165) is 32.5 Å². The molecule has 4 heteroatoms. The van der Waals surface area contributed by atoms with Crippen LogP contribution in [0.1, 0.15) is 12.8 Å². The Morgan fingerprint density at radius 2 is 2.50 bits per heavy atom.